The molecule has 0 radical (unpaired) electrons. The molecule has 0 amide bonds. The monoisotopic (exact) mass is 275 g/mol. The van der Waals surface area contributed by atoms with E-state index in [1.807, 2.05) is 11.5 Å². The third-order valence-electron chi connectivity index (χ3n) is 3.14. The zero-order chi connectivity index (χ0) is 14.7. The van der Waals surface area contributed by atoms with Crippen molar-refractivity contribution in [2.24, 2.45) is 0 Å². The van der Waals surface area contributed by atoms with Crippen LogP contribution >= 0.6 is 0 Å². The van der Waals surface area contributed by atoms with E-state index in [-0.39, 0.29) is 5.75 Å². The summed E-state index contributed by atoms with van der Waals surface area (Å²) in [6.07, 6.45) is 2.51. The number of nitrogens with two attached hydrogens (primary N) is 1. The second-order valence-corrected chi connectivity index (χ2v) is 4.36. The molecule has 5 heteroatoms. The van der Waals surface area contributed by atoms with Crippen molar-refractivity contribution in [1.82, 2.24) is 9.55 Å². The normalized spacial score (nSPS) is 10.6. The summed E-state index contributed by atoms with van der Waals surface area (Å²) >= 11 is 0. The van der Waals surface area contributed by atoms with E-state index in [0.29, 0.717) is 23.6 Å². The van der Waals surface area contributed by atoms with Crippen LogP contribution in [0.1, 0.15) is 12.7 Å². The SMILES string of the molecule is C=CCn1c(CC)nc(-c2ccc(OC)c(F)c2)c1N. The maximum atomic E-state index is 13.8. The number of halogens is 1. The summed E-state index contributed by atoms with van der Waals surface area (Å²) in [4.78, 5) is 4.50. The minimum Gasteiger partial charge on any atom is -0.494 e. The predicted molar refractivity (Wildman–Crippen MR) is 78.2 cm³/mol. The number of hydrogen-bond donors (Lipinski definition) is 1. The quantitative estimate of drug-likeness (QED) is 0.853. The van der Waals surface area contributed by atoms with Crippen molar-refractivity contribution in [2.45, 2.75) is 19.9 Å². The molecule has 0 aliphatic rings. The molecule has 0 unspecified atom stereocenters. The molecule has 2 aromatic rings. The molecule has 0 saturated carbocycles. The lowest BCUT2D eigenvalue weighted by Crippen LogP contribution is -2.05. The van der Waals surface area contributed by atoms with Gasteiger partial charge in [-0.05, 0) is 18.2 Å². The Morgan fingerprint density at radius 1 is 1.50 bits per heavy atom. The summed E-state index contributed by atoms with van der Waals surface area (Å²) < 4.78 is 20.6. The Labute approximate surface area is 117 Å². The molecule has 0 aliphatic carbocycles. The van der Waals surface area contributed by atoms with Crippen molar-refractivity contribution >= 4 is 5.82 Å². The summed E-state index contributed by atoms with van der Waals surface area (Å²) in [6, 6.07) is 4.70. The van der Waals surface area contributed by atoms with E-state index >= 15 is 0 Å². The fourth-order valence-corrected chi connectivity index (χ4v) is 2.14. The number of hydrogen-bond acceptors (Lipinski definition) is 3. The van der Waals surface area contributed by atoms with E-state index < -0.39 is 5.82 Å². The Morgan fingerprint density at radius 3 is 2.80 bits per heavy atom. The van der Waals surface area contributed by atoms with Gasteiger partial charge in [-0.1, -0.05) is 13.0 Å². The molecule has 0 fully saturated rings. The number of rotatable bonds is 5. The Hall–Kier alpha value is -2.30. The predicted octanol–water partition coefficient (Wildman–Crippen LogP) is 3.03. The Bertz CT molecular complexity index is 634. The Kier molecular flexibility index (Phi) is 4.08. The van der Waals surface area contributed by atoms with Crippen LogP contribution in [0.5, 0.6) is 5.75 Å². The van der Waals surface area contributed by atoms with Crippen molar-refractivity contribution in [3.8, 4) is 17.0 Å². The number of allylic oxidation sites excluding steroid dienone is 1. The second kappa shape index (κ2) is 5.77. The van der Waals surface area contributed by atoms with Crippen LogP contribution in [0.15, 0.2) is 30.9 Å². The van der Waals surface area contributed by atoms with Gasteiger partial charge in [0.2, 0.25) is 0 Å². The highest BCUT2D eigenvalue weighted by atomic mass is 19.1. The first-order chi connectivity index (χ1) is 9.62. The standard InChI is InChI=1S/C15H18FN3O/c1-4-8-19-13(5-2)18-14(15(19)17)10-6-7-12(20-3)11(16)9-10/h4,6-7,9H,1,5,8,17H2,2-3H3. The number of benzene rings is 1. The average molecular weight is 275 g/mol. The van der Waals surface area contributed by atoms with Crippen LogP contribution < -0.4 is 10.5 Å². The molecule has 0 atom stereocenters. The second-order valence-electron chi connectivity index (χ2n) is 4.36. The van der Waals surface area contributed by atoms with E-state index in [2.05, 4.69) is 11.6 Å². The smallest absolute Gasteiger partial charge is 0.165 e. The number of imidazole rings is 1. The summed E-state index contributed by atoms with van der Waals surface area (Å²) in [7, 11) is 1.43. The highest BCUT2D eigenvalue weighted by Crippen LogP contribution is 2.29. The molecule has 1 heterocycles. The van der Waals surface area contributed by atoms with Crippen LogP contribution in [0.3, 0.4) is 0 Å². The highest BCUT2D eigenvalue weighted by Gasteiger charge is 2.15. The molecule has 106 valence electrons. The molecule has 4 nitrogen and oxygen atoms in total. The largest absolute Gasteiger partial charge is 0.494 e. The fourth-order valence-electron chi connectivity index (χ4n) is 2.14. The van der Waals surface area contributed by atoms with E-state index in [4.69, 9.17) is 10.5 Å². The summed E-state index contributed by atoms with van der Waals surface area (Å²) in [5.74, 6) is 1.15. The molecule has 0 saturated heterocycles. The topological polar surface area (TPSA) is 53.1 Å². The number of aryl methyl sites for hydroxylation is 1. The molecule has 0 bridgehead atoms. The molecule has 1 aromatic carbocycles. The van der Waals surface area contributed by atoms with E-state index in [0.717, 1.165) is 12.2 Å². The van der Waals surface area contributed by atoms with Gasteiger partial charge in [-0.25, -0.2) is 9.37 Å². The number of nitrogen functional groups attached to an aromatic ring is 1. The van der Waals surface area contributed by atoms with Gasteiger partial charge < -0.3 is 15.0 Å². The Balaban J connectivity index is 2.52. The molecular formula is C15H18FN3O. The van der Waals surface area contributed by atoms with Gasteiger partial charge in [0.25, 0.3) is 0 Å². The molecule has 0 aliphatic heterocycles. The van der Waals surface area contributed by atoms with Crippen LogP contribution in [-0.2, 0) is 13.0 Å². The van der Waals surface area contributed by atoms with E-state index in [1.54, 1.807) is 18.2 Å². The Morgan fingerprint density at radius 2 is 2.25 bits per heavy atom. The molecule has 2 rings (SSSR count). The number of methoxy groups -OCH3 is 1. The van der Waals surface area contributed by atoms with Crippen LogP contribution in [0.2, 0.25) is 0 Å². The number of ether oxygens (including phenoxy) is 1. The third-order valence-corrected chi connectivity index (χ3v) is 3.14. The van der Waals surface area contributed by atoms with Crippen LogP contribution in [0.4, 0.5) is 10.2 Å². The summed E-state index contributed by atoms with van der Waals surface area (Å²) in [5.41, 5.74) is 7.34. The van der Waals surface area contributed by atoms with Gasteiger partial charge in [0.1, 0.15) is 17.3 Å². The van der Waals surface area contributed by atoms with Gasteiger partial charge in [-0.3, -0.25) is 0 Å². The van der Waals surface area contributed by atoms with Crippen molar-refractivity contribution in [2.75, 3.05) is 12.8 Å². The maximum Gasteiger partial charge on any atom is 0.165 e. The molecular weight excluding hydrogens is 257 g/mol. The van der Waals surface area contributed by atoms with E-state index in [1.165, 1.54) is 13.2 Å². The average Bonchev–Trinajstić information content (AvgIpc) is 2.76. The first-order valence-electron chi connectivity index (χ1n) is 6.42. The number of anilines is 1. The van der Waals surface area contributed by atoms with Gasteiger partial charge in [-0.15, -0.1) is 6.58 Å². The van der Waals surface area contributed by atoms with Gasteiger partial charge in [0.15, 0.2) is 11.6 Å². The van der Waals surface area contributed by atoms with Crippen LogP contribution in [0.25, 0.3) is 11.3 Å². The summed E-state index contributed by atoms with van der Waals surface area (Å²) in [6.45, 7) is 6.29. The molecule has 1 aromatic heterocycles. The van der Waals surface area contributed by atoms with Crippen LogP contribution in [0, 0.1) is 5.82 Å². The maximum absolute atomic E-state index is 13.8. The van der Waals surface area contributed by atoms with Gasteiger partial charge in [0, 0.05) is 18.5 Å². The lowest BCUT2D eigenvalue weighted by atomic mass is 10.1. The minimum atomic E-state index is -0.430. The lowest BCUT2D eigenvalue weighted by molar-refractivity contribution is 0.386. The lowest BCUT2D eigenvalue weighted by Gasteiger charge is -2.06. The summed E-state index contributed by atoms with van der Waals surface area (Å²) in [5, 5.41) is 0. The third kappa shape index (κ3) is 2.39. The first-order valence-corrected chi connectivity index (χ1v) is 6.42. The van der Waals surface area contributed by atoms with Gasteiger partial charge >= 0.3 is 0 Å². The van der Waals surface area contributed by atoms with Crippen molar-refractivity contribution in [3.05, 3.63) is 42.5 Å². The van der Waals surface area contributed by atoms with E-state index in [9.17, 15) is 4.39 Å². The highest BCUT2D eigenvalue weighted by molar-refractivity contribution is 5.71. The minimum absolute atomic E-state index is 0.202. The van der Waals surface area contributed by atoms with Crippen molar-refractivity contribution in [1.29, 1.82) is 0 Å². The number of aromatic nitrogens is 2. The molecule has 0 spiro atoms. The molecule has 2 N–H and O–H groups in total. The van der Waals surface area contributed by atoms with Gasteiger partial charge in [-0.2, -0.15) is 0 Å². The van der Waals surface area contributed by atoms with Crippen molar-refractivity contribution < 1.29 is 9.13 Å². The van der Waals surface area contributed by atoms with Gasteiger partial charge in [0.05, 0.1) is 7.11 Å². The fraction of sp³-hybridized carbons (Fsp3) is 0.267. The zero-order valence-corrected chi connectivity index (χ0v) is 11.7. The number of nitrogens with zero attached hydrogens (tertiary/aromatic N) is 2. The first kappa shape index (κ1) is 14.1. The molecule has 20 heavy (non-hydrogen) atoms. The zero-order valence-electron chi connectivity index (χ0n) is 11.7. The van der Waals surface area contributed by atoms with Crippen molar-refractivity contribution in [3.63, 3.8) is 0 Å². The van der Waals surface area contributed by atoms with Crippen LogP contribution in [-0.4, -0.2) is 16.7 Å².